The molecule has 32 heavy (non-hydrogen) atoms. The molecule has 0 fully saturated rings. The minimum absolute atomic E-state index is 0.198. The molecule has 0 bridgehead atoms. The van der Waals surface area contributed by atoms with Gasteiger partial charge in [0.15, 0.2) is 0 Å². The minimum atomic E-state index is -0.198. The fourth-order valence-corrected chi connectivity index (χ4v) is 5.06. The molecule has 2 heterocycles. The summed E-state index contributed by atoms with van der Waals surface area (Å²) in [7, 11) is 0. The number of benzene rings is 2. The van der Waals surface area contributed by atoms with E-state index in [9.17, 15) is 5.26 Å². The summed E-state index contributed by atoms with van der Waals surface area (Å²) in [6.07, 6.45) is 6.32. The van der Waals surface area contributed by atoms with Crippen molar-refractivity contribution >= 4 is 29.6 Å². The lowest BCUT2D eigenvalue weighted by atomic mass is 9.80. The van der Waals surface area contributed by atoms with Crippen LogP contribution in [0.1, 0.15) is 24.0 Å². The minimum Gasteiger partial charge on any atom is -0.440 e. The third-order valence-corrected chi connectivity index (χ3v) is 7.45. The molecule has 1 atom stereocenters. The average Bonchev–Trinajstić information content (AvgIpc) is 2.84. The zero-order chi connectivity index (χ0) is 22.7. The molecule has 4 nitrogen and oxygen atoms in total. The summed E-state index contributed by atoms with van der Waals surface area (Å²) in [4.78, 5) is 4.81. The summed E-state index contributed by atoms with van der Waals surface area (Å²) in [6, 6.07) is 19.3. The van der Waals surface area contributed by atoms with Gasteiger partial charge in [0.25, 0.3) is 0 Å². The predicted octanol–water partition coefficient (Wildman–Crippen LogP) is 5.61. The standard InChI is InChI=1S/C26H27N3OS2/c1-4-29-15-19(13-17-5-9-20(31-2)10-6-17)25-23(16-29)24(22(14-27)26(28)30-25)18-7-11-21(32-3)12-8-18/h5-13,24H,4,15-16,28H2,1-3H3/b19-13+. The van der Waals surface area contributed by atoms with Crippen molar-refractivity contribution in [3.63, 3.8) is 0 Å². The maximum absolute atomic E-state index is 9.93. The van der Waals surface area contributed by atoms with Gasteiger partial charge in [-0.05, 0) is 66.1 Å². The van der Waals surface area contributed by atoms with E-state index in [4.69, 9.17) is 10.5 Å². The molecule has 0 saturated carbocycles. The summed E-state index contributed by atoms with van der Waals surface area (Å²) in [5.41, 5.74) is 11.2. The maximum atomic E-state index is 9.93. The Hall–Kier alpha value is -2.59. The molecule has 2 aromatic carbocycles. The number of nitrogens with two attached hydrogens (primary N) is 1. The number of rotatable bonds is 5. The van der Waals surface area contributed by atoms with Gasteiger partial charge in [-0.3, -0.25) is 4.90 Å². The summed E-state index contributed by atoms with van der Waals surface area (Å²) in [5.74, 6) is 0.828. The van der Waals surface area contributed by atoms with E-state index in [1.807, 2.05) is 0 Å². The van der Waals surface area contributed by atoms with Crippen LogP contribution in [0.2, 0.25) is 0 Å². The van der Waals surface area contributed by atoms with Crippen LogP contribution in [-0.2, 0) is 4.74 Å². The van der Waals surface area contributed by atoms with Crippen LogP contribution in [0.25, 0.3) is 6.08 Å². The molecule has 1 unspecified atom stereocenters. The lowest BCUT2D eigenvalue weighted by molar-refractivity contribution is 0.239. The van der Waals surface area contributed by atoms with Crippen molar-refractivity contribution in [3.05, 3.63) is 88.0 Å². The second-order valence-electron chi connectivity index (χ2n) is 7.80. The SMILES string of the molecule is CCN1CC2=C(OC(N)=C(C#N)C2c2ccc(SC)cc2)/C(=C/c2ccc(SC)cc2)C1. The zero-order valence-corrected chi connectivity index (χ0v) is 20.2. The number of hydrogen-bond donors (Lipinski definition) is 1. The Morgan fingerprint density at radius 3 is 2.25 bits per heavy atom. The smallest absolute Gasteiger partial charge is 0.205 e. The van der Waals surface area contributed by atoms with Gasteiger partial charge < -0.3 is 10.5 Å². The first-order chi connectivity index (χ1) is 15.6. The number of nitrogens with zero attached hydrogens (tertiary/aromatic N) is 2. The number of likely N-dealkylation sites (N-methyl/N-ethyl adjacent to an activating group) is 1. The summed E-state index contributed by atoms with van der Waals surface area (Å²) in [6.45, 7) is 4.62. The Kier molecular flexibility index (Phi) is 7.00. The van der Waals surface area contributed by atoms with E-state index in [2.05, 4.69) is 85.0 Å². The first-order valence-corrected chi connectivity index (χ1v) is 13.0. The zero-order valence-electron chi connectivity index (χ0n) is 18.6. The fraction of sp³-hybridized carbons (Fsp3) is 0.269. The van der Waals surface area contributed by atoms with E-state index in [0.29, 0.717) is 5.57 Å². The van der Waals surface area contributed by atoms with Crippen molar-refractivity contribution in [2.45, 2.75) is 22.6 Å². The van der Waals surface area contributed by atoms with Crippen LogP contribution in [0.3, 0.4) is 0 Å². The Morgan fingerprint density at radius 2 is 1.69 bits per heavy atom. The molecule has 4 rings (SSSR count). The molecular weight excluding hydrogens is 434 g/mol. The second-order valence-corrected chi connectivity index (χ2v) is 9.56. The molecule has 2 N–H and O–H groups in total. The molecule has 0 aliphatic carbocycles. The monoisotopic (exact) mass is 461 g/mol. The number of ether oxygens (including phenoxy) is 1. The Balaban J connectivity index is 1.82. The molecule has 0 amide bonds. The van der Waals surface area contributed by atoms with Gasteiger partial charge in [0.1, 0.15) is 17.4 Å². The number of allylic oxidation sites excluding steroid dienone is 1. The molecule has 0 radical (unpaired) electrons. The molecule has 164 valence electrons. The molecule has 0 aromatic heterocycles. The van der Waals surface area contributed by atoms with Crippen LogP contribution in [0.4, 0.5) is 0 Å². The van der Waals surface area contributed by atoms with Gasteiger partial charge in [-0.2, -0.15) is 5.26 Å². The van der Waals surface area contributed by atoms with Gasteiger partial charge in [0, 0.05) is 28.5 Å². The lowest BCUT2D eigenvalue weighted by Gasteiger charge is -2.38. The van der Waals surface area contributed by atoms with Gasteiger partial charge in [0.05, 0.1) is 5.92 Å². The van der Waals surface area contributed by atoms with E-state index in [-0.39, 0.29) is 11.8 Å². The van der Waals surface area contributed by atoms with Crippen molar-refractivity contribution in [3.8, 4) is 6.07 Å². The van der Waals surface area contributed by atoms with Crippen LogP contribution in [0.5, 0.6) is 0 Å². The van der Waals surface area contributed by atoms with Crippen LogP contribution in [0.15, 0.2) is 86.7 Å². The number of thioether (sulfide) groups is 2. The molecule has 0 saturated heterocycles. The van der Waals surface area contributed by atoms with Crippen LogP contribution >= 0.6 is 23.5 Å². The van der Waals surface area contributed by atoms with E-state index in [1.54, 1.807) is 23.5 Å². The van der Waals surface area contributed by atoms with Gasteiger partial charge >= 0.3 is 0 Å². The first-order valence-electron chi connectivity index (χ1n) is 10.6. The third-order valence-electron chi connectivity index (χ3n) is 5.96. The average molecular weight is 462 g/mol. The van der Waals surface area contributed by atoms with Gasteiger partial charge in [-0.1, -0.05) is 31.2 Å². The molecule has 2 aliphatic heterocycles. The highest BCUT2D eigenvalue weighted by molar-refractivity contribution is 7.98. The molecule has 2 aliphatic rings. The van der Waals surface area contributed by atoms with Gasteiger partial charge in [-0.15, -0.1) is 23.5 Å². The first kappa shape index (κ1) is 22.6. The van der Waals surface area contributed by atoms with Crippen LogP contribution in [-0.4, -0.2) is 37.0 Å². The quantitative estimate of drug-likeness (QED) is 0.584. The van der Waals surface area contributed by atoms with Crippen LogP contribution < -0.4 is 5.73 Å². The molecular formula is C26H27N3OS2. The number of hydrogen-bond acceptors (Lipinski definition) is 6. The van der Waals surface area contributed by atoms with E-state index in [1.165, 1.54) is 9.79 Å². The molecule has 6 heteroatoms. The molecule has 2 aromatic rings. The summed E-state index contributed by atoms with van der Waals surface area (Å²) < 4.78 is 6.12. The summed E-state index contributed by atoms with van der Waals surface area (Å²) >= 11 is 3.44. The van der Waals surface area contributed by atoms with Gasteiger partial charge in [0.2, 0.25) is 5.88 Å². The van der Waals surface area contributed by atoms with Crippen molar-refractivity contribution in [1.29, 1.82) is 5.26 Å². The topological polar surface area (TPSA) is 62.3 Å². The summed E-state index contributed by atoms with van der Waals surface area (Å²) in [5, 5.41) is 9.93. The largest absolute Gasteiger partial charge is 0.440 e. The van der Waals surface area contributed by atoms with E-state index in [0.717, 1.165) is 47.7 Å². The lowest BCUT2D eigenvalue weighted by Crippen LogP contribution is -2.38. The third kappa shape index (κ3) is 4.47. The highest BCUT2D eigenvalue weighted by atomic mass is 32.2. The number of nitriles is 1. The van der Waals surface area contributed by atoms with E-state index < -0.39 is 0 Å². The van der Waals surface area contributed by atoms with Crippen molar-refractivity contribution in [2.24, 2.45) is 5.73 Å². The second kappa shape index (κ2) is 9.91. The Morgan fingerprint density at radius 1 is 1.06 bits per heavy atom. The highest BCUT2D eigenvalue weighted by Gasteiger charge is 2.37. The van der Waals surface area contributed by atoms with Crippen LogP contribution in [0, 0.1) is 11.3 Å². The normalized spacial score (nSPS) is 20.2. The Labute approximate surface area is 198 Å². The van der Waals surface area contributed by atoms with Crippen molar-refractivity contribution in [1.82, 2.24) is 4.90 Å². The maximum Gasteiger partial charge on any atom is 0.205 e. The Bertz CT molecular complexity index is 1130. The molecule has 0 spiro atoms. The van der Waals surface area contributed by atoms with Crippen molar-refractivity contribution < 1.29 is 4.74 Å². The van der Waals surface area contributed by atoms with E-state index >= 15 is 0 Å². The fourth-order valence-electron chi connectivity index (χ4n) is 4.24. The van der Waals surface area contributed by atoms with Crippen molar-refractivity contribution in [2.75, 3.05) is 32.1 Å². The highest BCUT2D eigenvalue weighted by Crippen LogP contribution is 2.44. The van der Waals surface area contributed by atoms with Gasteiger partial charge in [-0.25, -0.2) is 0 Å². The predicted molar refractivity (Wildman–Crippen MR) is 134 cm³/mol.